The van der Waals surface area contributed by atoms with E-state index in [1.54, 1.807) is 35.4 Å². The minimum absolute atomic E-state index is 0.0222. The zero-order valence-corrected chi connectivity index (χ0v) is 24.3. The van der Waals surface area contributed by atoms with Crippen molar-refractivity contribution >= 4 is 22.9 Å². The minimum atomic E-state index is -0.397. The van der Waals surface area contributed by atoms with Crippen LogP contribution in [0.4, 0.5) is 4.39 Å². The Morgan fingerprint density at radius 3 is 2.44 bits per heavy atom. The van der Waals surface area contributed by atoms with Crippen LogP contribution in [-0.2, 0) is 16.6 Å². The lowest BCUT2D eigenvalue weighted by Gasteiger charge is -2.26. The summed E-state index contributed by atoms with van der Waals surface area (Å²) in [6.07, 6.45) is 2.00. The van der Waals surface area contributed by atoms with Gasteiger partial charge in [-0.3, -0.25) is 9.59 Å². The Morgan fingerprint density at radius 1 is 1.00 bits per heavy atom. The second kappa shape index (κ2) is 11.5. The average molecular weight is 582 g/mol. The van der Waals surface area contributed by atoms with Gasteiger partial charge in [0.1, 0.15) is 23.1 Å². The monoisotopic (exact) mass is 581 g/mol. The van der Waals surface area contributed by atoms with E-state index in [9.17, 15) is 9.59 Å². The Kier molecular flexibility index (Phi) is 7.62. The third-order valence-electron chi connectivity index (χ3n) is 7.62. The molecule has 1 fully saturated rings. The van der Waals surface area contributed by atoms with Crippen molar-refractivity contribution < 1.29 is 23.2 Å². The number of rotatable bonds is 7. The van der Waals surface area contributed by atoms with E-state index in [1.165, 1.54) is 6.07 Å². The highest BCUT2D eigenvalue weighted by Gasteiger charge is 2.23. The summed E-state index contributed by atoms with van der Waals surface area (Å²) in [6, 6.07) is 15.8. The molecule has 1 N–H and O–H groups in total. The number of halogens is 1. The molecule has 5 aromatic rings. The van der Waals surface area contributed by atoms with Gasteiger partial charge in [-0.15, -0.1) is 0 Å². The number of hydrogen-bond acceptors (Lipinski definition) is 7. The van der Waals surface area contributed by atoms with Crippen molar-refractivity contribution in [1.82, 2.24) is 25.0 Å². The molecule has 3 aromatic heterocycles. The number of nitrogens with one attached hydrogen (secondary N) is 1. The third-order valence-corrected chi connectivity index (χ3v) is 7.62. The minimum Gasteiger partial charge on any atom is -0.378 e. The van der Waals surface area contributed by atoms with Crippen molar-refractivity contribution in [3.8, 4) is 22.5 Å². The van der Waals surface area contributed by atoms with Crippen molar-refractivity contribution in [2.45, 2.75) is 39.0 Å². The number of Topliss-reactive ketones (excluding diaryl/α,β-unsaturated/α-hetero) is 1. The predicted molar refractivity (Wildman–Crippen MR) is 159 cm³/mol. The van der Waals surface area contributed by atoms with Gasteiger partial charge in [-0.25, -0.2) is 14.4 Å². The molecule has 0 unspecified atom stereocenters. The number of morpholine rings is 1. The van der Waals surface area contributed by atoms with Gasteiger partial charge in [-0.1, -0.05) is 50.2 Å². The number of aromatic amines is 1. The number of benzene rings is 2. The number of pyridine rings is 1. The van der Waals surface area contributed by atoms with Crippen LogP contribution in [0.1, 0.15) is 59.4 Å². The van der Waals surface area contributed by atoms with Crippen molar-refractivity contribution in [3.05, 3.63) is 89.2 Å². The summed E-state index contributed by atoms with van der Waals surface area (Å²) in [5.74, 6) is 0.616. The number of ketones is 1. The Hall–Kier alpha value is -4.70. The summed E-state index contributed by atoms with van der Waals surface area (Å²) >= 11 is 0. The fraction of sp³-hybridized carbons (Fsp3) is 0.303. The highest BCUT2D eigenvalue weighted by Crippen LogP contribution is 2.30. The maximum absolute atomic E-state index is 15.2. The SMILES string of the molecule is CC(C)(C)c1cc(C(=O)CCc2ccc(-c3ccnc4nc(-c5ccc(C(=O)N6CCOCC6)cc5)[nH]c34)cc2F)no1. The first-order chi connectivity index (χ1) is 20.7. The van der Waals surface area contributed by atoms with Gasteiger partial charge in [0.15, 0.2) is 11.4 Å². The molecule has 9 nitrogen and oxygen atoms in total. The Labute approximate surface area is 248 Å². The lowest BCUT2D eigenvalue weighted by Crippen LogP contribution is -2.40. The van der Waals surface area contributed by atoms with Crippen LogP contribution in [-0.4, -0.2) is 63.0 Å². The fourth-order valence-corrected chi connectivity index (χ4v) is 5.06. The third kappa shape index (κ3) is 5.96. The summed E-state index contributed by atoms with van der Waals surface area (Å²) in [4.78, 5) is 39.6. The van der Waals surface area contributed by atoms with E-state index in [2.05, 4.69) is 20.1 Å². The molecular weight excluding hydrogens is 549 g/mol. The molecule has 0 spiro atoms. The average Bonchev–Trinajstić information content (AvgIpc) is 3.69. The van der Waals surface area contributed by atoms with E-state index in [-0.39, 0.29) is 35.6 Å². The van der Waals surface area contributed by atoms with Gasteiger partial charge in [-0.05, 0) is 41.8 Å². The molecule has 0 bridgehead atoms. The lowest BCUT2D eigenvalue weighted by atomic mass is 9.93. The number of hydrogen-bond donors (Lipinski definition) is 1. The molecule has 0 radical (unpaired) electrons. The molecule has 220 valence electrons. The van der Waals surface area contributed by atoms with Crippen LogP contribution in [0.15, 0.2) is 65.3 Å². The van der Waals surface area contributed by atoms with Crippen LogP contribution in [0.5, 0.6) is 0 Å². The van der Waals surface area contributed by atoms with Crippen LogP contribution in [0, 0.1) is 5.82 Å². The van der Waals surface area contributed by atoms with Gasteiger partial charge in [0.2, 0.25) is 0 Å². The van der Waals surface area contributed by atoms with E-state index in [0.717, 1.165) is 11.1 Å². The first-order valence-electron chi connectivity index (χ1n) is 14.3. The number of carbonyl (C=O) groups excluding carboxylic acids is 2. The second-order valence-electron chi connectivity index (χ2n) is 11.7. The zero-order valence-electron chi connectivity index (χ0n) is 24.3. The van der Waals surface area contributed by atoms with E-state index in [0.29, 0.717) is 65.7 Å². The van der Waals surface area contributed by atoms with Gasteiger partial charge in [0.25, 0.3) is 5.91 Å². The number of imidazole rings is 1. The Bertz CT molecular complexity index is 1800. The first-order valence-corrected chi connectivity index (χ1v) is 14.3. The predicted octanol–water partition coefficient (Wildman–Crippen LogP) is 6.00. The Morgan fingerprint density at radius 2 is 1.74 bits per heavy atom. The molecule has 1 aliphatic heterocycles. The van der Waals surface area contributed by atoms with Gasteiger partial charge >= 0.3 is 0 Å². The highest BCUT2D eigenvalue weighted by molar-refractivity contribution is 5.95. The van der Waals surface area contributed by atoms with Crippen LogP contribution in [0.2, 0.25) is 0 Å². The number of aryl methyl sites for hydroxylation is 1. The standard InChI is InChI=1S/C33H32FN5O4/c1-33(2,3)28-19-26(38-43-28)27(40)11-10-20-4-9-23(18-25(20)34)24-12-13-35-31-29(24)36-30(37-31)21-5-7-22(8-6-21)32(41)39-14-16-42-17-15-39/h4-9,12-13,18-19H,10-11,14-17H2,1-3H3,(H,35,36,37). The summed E-state index contributed by atoms with van der Waals surface area (Å²) in [6.45, 7) is 8.20. The smallest absolute Gasteiger partial charge is 0.254 e. The Balaban J connectivity index is 1.18. The van der Waals surface area contributed by atoms with Crippen LogP contribution in [0.3, 0.4) is 0 Å². The molecule has 0 aliphatic carbocycles. The van der Waals surface area contributed by atoms with Crippen LogP contribution in [0.25, 0.3) is 33.7 Å². The summed E-state index contributed by atoms with van der Waals surface area (Å²) < 4.78 is 25.9. The second-order valence-corrected chi connectivity index (χ2v) is 11.7. The number of ether oxygens (including phenoxy) is 1. The number of carbonyl (C=O) groups is 2. The molecule has 0 atom stereocenters. The summed E-state index contributed by atoms with van der Waals surface area (Å²) in [7, 11) is 0. The lowest BCUT2D eigenvalue weighted by molar-refractivity contribution is 0.0303. The molecule has 1 amide bonds. The van der Waals surface area contributed by atoms with E-state index >= 15 is 4.39 Å². The summed E-state index contributed by atoms with van der Waals surface area (Å²) in [5.41, 5.74) is 4.44. The fourth-order valence-electron chi connectivity index (χ4n) is 5.06. The van der Waals surface area contributed by atoms with Gasteiger partial charge in [0, 0.05) is 53.9 Å². The largest absolute Gasteiger partial charge is 0.378 e. The maximum atomic E-state index is 15.2. The number of fused-ring (bicyclic) bond motifs is 1. The highest BCUT2D eigenvalue weighted by atomic mass is 19.1. The molecule has 2 aromatic carbocycles. The molecule has 1 saturated heterocycles. The molecule has 0 saturated carbocycles. The van der Waals surface area contributed by atoms with E-state index in [1.807, 2.05) is 45.0 Å². The van der Waals surface area contributed by atoms with Crippen LogP contribution >= 0.6 is 0 Å². The number of H-pyrrole nitrogens is 1. The van der Waals surface area contributed by atoms with Crippen molar-refractivity contribution in [1.29, 1.82) is 0 Å². The topological polar surface area (TPSA) is 114 Å². The van der Waals surface area contributed by atoms with Gasteiger partial charge in [-0.2, -0.15) is 0 Å². The van der Waals surface area contributed by atoms with Crippen molar-refractivity contribution in [3.63, 3.8) is 0 Å². The molecule has 4 heterocycles. The number of amides is 1. The van der Waals surface area contributed by atoms with Crippen molar-refractivity contribution in [2.75, 3.05) is 26.3 Å². The summed E-state index contributed by atoms with van der Waals surface area (Å²) in [5, 5.41) is 3.90. The van der Waals surface area contributed by atoms with Crippen LogP contribution < -0.4 is 0 Å². The van der Waals surface area contributed by atoms with E-state index < -0.39 is 5.82 Å². The molecule has 43 heavy (non-hydrogen) atoms. The normalized spacial score (nSPS) is 13.9. The quantitative estimate of drug-likeness (QED) is 0.234. The zero-order chi connectivity index (χ0) is 30.1. The van der Waals surface area contributed by atoms with Gasteiger partial charge in [0.05, 0.1) is 18.7 Å². The van der Waals surface area contributed by atoms with E-state index in [4.69, 9.17) is 9.26 Å². The number of nitrogens with zero attached hydrogens (tertiary/aromatic N) is 4. The molecular formula is C33H32FN5O4. The number of aromatic nitrogens is 4. The first kappa shape index (κ1) is 28.4. The molecule has 6 rings (SSSR count). The maximum Gasteiger partial charge on any atom is 0.254 e. The van der Waals surface area contributed by atoms with Gasteiger partial charge < -0.3 is 19.1 Å². The molecule has 10 heteroatoms. The van der Waals surface area contributed by atoms with Crippen molar-refractivity contribution in [2.24, 2.45) is 0 Å². The molecule has 1 aliphatic rings.